The predicted molar refractivity (Wildman–Crippen MR) is 61.0 cm³/mol. The lowest BCUT2D eigenvalue weighted by Gasteiger charge is -2.06. The summed E-state index contributed by atoms with van der Waals surface area (Å²) in [4.78, 5) is -0.584. The molecule has 0 aromatic heterocycles. The zero-order valence-corrected chi connectivity index (χ0v) is 9.22. The Morgan fingerprint density at radius 1 is 1.64 bits per heavy atom. The average Bonchev–Trinajstić information content (AvgIpc) is 2.71. The molecule has 1 saturated carbocycles. The second-order valence-electron chi connectivity index (χ2n) is 4.31. The van der Waals surface area contributed by atoms with E-state index in [2.05, 4.69) is 24.8 Å². The minimum absolute atomic E-state index is 0.248. The van der Waals surface area contributed by atoms with Gasteiger partial charge in [0.05, 0.1) is 0 Å². The van der Waals surface area contributed by atoms with E-state index in [1.54, 1.807) is 0 Å². The molecule has 0 bridgehead atoms. The minimum Gasteiger partial charge on any atom is -0.312 e. The van der Waals surface area contributed by atoms with Crippen LogP contribution in [0.25, 0.3) is 0 Å². The van der Waals surface area contributed by atoms with Crippen LogP contribution >= 0.6 is 11.6 Å². The molecule has 3 atom stereocenters. The van der Waals surface area contributed by atoms with Crippen molar-refractivity contribution in [1.29, 1.82) is 0 Å². The molecule has 0 amide bonds. The Balaban J connectivity index is 2.18. The van der Waals surface area contributed by atoms with Crippen LogP contribution < -0.4 is 5.73 Å². The summed E-state index contributed by atoms with van der Waals surface area (Å²) >= 11 is 6.24. The molecule has 76 valence electrons. The lowest BCUT2D eigenvalue weighted by atomic mass is 10.0. The lowest BCUT2D eigenvalue weighted by molar-refractivity contribution is 0.847. The van der Waals surface area contributed by atoms with Crippen LogP contribution in [0.5, 0.6) is 0 Å². The topological polar surface area (TPSA) is 26.0 Å². The number of alkyl halides is 1. The third kappa shape index (κ3) is 1.45. The Morgan fingerprint density at radius 3 is 2.79 bits per heavy atom. The van der Waals surface area contributed by atoms with Gasteiger partial charge in [-0.1, -0.05) is 30.4 Å². The summed E-state index contributed by atoms with van der Waals surface area (Å²) in [5.74, 6) is 0.524. The van der Waals surface area contributed by atoms with Crippen LogP contribution in [-0.2, 0) is 0 Å². The van der Waals surface area contributed by atoms with Gasteiger partial charge in [0.2, 0.25) is 0 Å². The summed E-state index contributed by atoms with van der Waals surface area (Å²) in [6.07, 6.45) is 8.83. The van der Waals surface area contributed by atoms with Crippen molar-refractivity contribution >= 4 is 11.6 Å². The van der Waals surface area contributed by atoms with Gasteiger partial charge in [-0.3, -0.25) is 0 Å². The maximum Gasteiger partial charge on any atom is 0.106 e. The number of hydrogen-bond donors (Lipinski definition) is 1. The summed E-state index contributed by atoms with van der Waals surface area (Å²) in [7, 11) is 0. The highest BCUT2D eigenvalue weighted by molar-refractivity contribution is 6.26. The molecule has 2 heteroatoms. The fourth-order valence-electron chi connectivity index (χ4n) is 2.35. The maximum absolute atomic E-state index is 6.24. The molecule has 3 unspecified atom stereocenters. The fraction of sp³-hybridized carbons (Fsp3) is 0.500. The van der Waals surface area contributed by atoms with Gasteiger partial charge in [-0.25, -0.2) is 0 Å². The Morgan fingerprint density at radius 2 is 2.36 bits per heavy atom. The third-order valence-electron chi connectivity index (χ3n) is 3.09. The number of allylic oxidation sites excluding steroid dienone is 3. The number of hydrogen-bond acceptors (Lipinski definition) is 1. The zero-order chi connectivity index (χ0) is 10.3. The molecule has 0 heterocycles. The SMILES string of the molecule is C=C(C)C1C(C2=CCCC=C2)C1(N)Cl. The zero-order valence-electron chi connectivity index (χ0n) is 8.46. The maximum atomic E-state index is 6.24. The number of halogens is 1. The summed E-state index contributed by atoms with van der Waals surface area (Å²) in [6, 6.07) is 0. The van der Waals surface area contributed by atoms with E-state index >= 15 is 0 Å². The van der Waals surface area contributed by atoms with Gasteiger partial charge in [0.25, 0.3) is 0 Å². The van der Waals surface area contributed by atoms with Gasteiger partial charge >= 0.3 is 0 Å². The lowest BCUT2D eigenvalue weighted by Crippen LogP contribution is -2.19. The van der Waals surface area contributed by atoms with Crippen LogP contribution in [0.15, 0.2) is 36.0 Å². The van der Waals surface area contributed by atoms with Crippen molar-refractivity contribution in [3.63, 3.8) is 0 Å². The highest BCUT2D eigenvalue weighted by Gasteiger charge is 2.62. The quantitative estimate of drug-likeness (QED) is 0.423. The smallest absolute Gasteiger partial charge is 0.106 e. The van der Waals surface area contributed by atoms with Crippen molar-refractivity contribution in [3.05, 3.63) is 36.0 Å². The molecule has 0 saturated heterocycles. The number of rotatable bonds is 2. The molecular weight excluding hydrogens is 194 g/mol. The Kier molecular flexibility index (Phi) is 2.32. The molecule has 2 aliphatic carbocycles. The molecule has 0 spiro atoms. The molecule has 0 aromatic rings. The van der Waals surface area contributed by atoms with Gasteiger partial charge in [0.15, 0.2) is 0 Å². The number of nitrogens with two attached hydrogens (primary N) is 1. The molecule has 2 N–H and O–H groups in total. The minimum atomic E-state index is -0.584. The van der Waals surface area contributed by atoms with E-state index in [0.29, 0.717) is 0 Å². The van der Waals surface area contributed by atoms with E-state index < -0.39 is 5.00 Å². The molecule has 0 aliphatic heterocycles. The first-order valence-electron chi connectivity index (χ1n) is 5.05. The van der Waals surface area contributed by atoms with Crippen molar-refractivity contribution in [2.24, 2.45) is 17.6 Å². The van der Waals surface area contributed by atoms with Crippen molar-refractivity contribution < 1.29 is 0 Å². The molecule has 2 rings (SSSR count). The van der Waals surface area contributed by atoms with Crippen LogP contribution in [0, 0.1) is 11.8 Å². The van der Waals surface area contributed by atoms with Crippen LogP contribution in [-0.4, -0.2) is 5.00 Å². The summed E-state index contributed by atoms with van der Waals surface area (Å²) in [5, 5.41) is 0. The molecule has 0 aromatic carbocycles. The van der Waals surface area contributed by atoms with Gasteiger partial charge in [0.1, 0.15) is 5.00 Å². The van der Waals surface area contributed by atoms with Gasteiger partial charge in [-0.2, -0.15) is 0 Å². The largest absolute Gasteiger partial charge is 0.312 e. The van der Waals surface area contributed by atoms with Crippen LogP contribution in [0.3, 0.4) is 0 Å². The Hall–Kier alpha value is -0.530. The van der Waals surface area contributed by atoms with E-state index in [4.69, 9.17) is 17.3 Å². The Labute approximate surface area is 90.3 Å². The molecule has 1 fully saturated rings. The predicted octanol–water partition coefficient (Wildman–Crippen LogP) is 2.98. The summed E-state index contributed by atoms with van der Waals surface area (Å²) in [6.45, 7) is 5.94. The van der Waals surface area contributed by atoms with E-state index in [1.807, 2.05) is 6.92 Å². The average molecular weight is 210 g/mol. The standard InChI is InChI=1S/C12H16ClN/c1-8(2)10-11(12(10,13)14)9-6-4-3-5-7-9/h4,6-7,10-11H,1,3,5,14H2,2H3. The van der Waals surface area contributed by atoms with E-state index in [0.717, 1.165) is 18.4 Å². The van der Waals surface area contributed by atoms with Crippen molar-refractivity contribution in [1.82, 2.24) is 0 Å². The third-order valence-corrected chi connectivity index (χ3v) is 3.56. The van der Waals surface area contributed by atoms with Crippen LogP contribution in [0.1, 0.15) is 19.8 Å². The molecule has 14 heavy (non-hydrogen) atoms. The van der Waals surface area contributed by atoms with Crippen LogP contribution in [0.2, 0.25) is 0 Å². The van der Waals surface area contributed by atoms with E-state index in [-0.39, 0.29) is 11.8 Å². The van der Waals surface area contributed by atoms with Gasteiger partial charge in [-0.15, -0.1) is 11.6 Å². The normalized spacial score (nSPS) is 40.6. The molecule has 2 aliphatic rings. The first kappa shape index (κ1) is 10.0. The van der Waals surface area contributed by atoms with Crippen LogP contribution in [0.4, 0.5) is 0 Å². The molecular formula is C12H16ClN. The van der Waals surface area contributed by atoms with Crippen molar-refractivity contribution in [2.75, 3.05) is 0 Å². The van der Waals surface area contributed by atoms with E-state index in [9.17, 15) is 0 Å². The Bertz CT molecular complexity index is 325. The van der Waals surface area contributed by atoms with Crippen molar-refractivity contribution in [3.8, 4) is 0 Å². The molecule has 0 radical (unpaired) electrons. The van der Waals surface area contributed by atoms with Crippen molar-refractivity contribution in [2.45, 2.75) is 24.8 Å². The first-order chi connectivity index (χ1) is 6.55. The highest BCUT2D eigenvalue weighted by atomic mass is 35.5. The van der Waals surface area contributed by atoms with Gasteiger partial charge in [0, 0.05) is 11.8 Å². The van der Waals surface area contributed by atoms with Gasteiger partial charge < -0.3 is 5.73 Å². The summed E-state index contributed by atoms with van der Waals surface area (Å²) in [5.41, 5.74) is 8.40. The molecule has 1 nitrogen and oxygen atoms in total. The van der Waals surface area contributed by atoms with Gasteiger partial charge in [-0.05, 0) is 25.3 Å². The second-order valence-corrected chi connectivity index (χ2v) is 4.97. The first-order valence-corrected chi connectivity index (χ1v) is 5.42. The van der Waals surface area contributed by atoms with E-state index in [1.165, 1.54) is 5.57 Å². The highest BCUT2D eigenvalue weighted by Crippen LogP contribution is 2.59. The fourth-order valence-corrected chi connectivity index (χ4v) is 2.85. The monoisotopic (exact) mass is 209 g/mol. The second kappa shape index (κ2) is 3.25. The summed E-state index contributed by atoms with van der Waals surface area (Å²) < 4.78 is 0.